The van der Waals surface area contributed by atoms with E-state index >= 15 is 0 Å². The van der Waals surface area contributed by atoms with Crippen molar-refractivity contribution >= 4 is 11.9 Å². The Morgan fingerprint density at radius 1 is 1.29 bits per heavy atom. The van der Waals surface area contributed by atoms with Crippen LogP contribution in [0, 0.1) is 11.3 Å². The van der Waals surface area contributed by atoms with Crippen LogP contribution in [0.25, 0.3) is 0 Å². The number of esters is 1. The highest BCUT2D eigenvalue weighted by atomic mass is 16.6. The lowest BCUT2D eigenvalue weighted by molar-refractivity contribution is -0.142. The Kier molecular flexibility index (Phi) is 4.22. The van der Waals surface area contributed by atoms with Gasteiger partial charge in [-0.2, -0.15) is 0 Å². The van der Waals surface area contributed by atoms with Gasteiger partial charge < -0.3 is 24.1 Å². The molecular formula is C21H28O7. The van der Waals surface area contributed by atoms with Crippen LogP contribution >= 0.6 is 0 Å². The van der Waals surface area contributed by atoms with Gasteiger partial charge in [-0.05, 0) is 39.0 Å². The first kappa shape index (κ1) is 19.5. The fourth-order valence-corrected chi connectivity index (χ4v) is 5.12. The third-order valence-corrected chi connectivity index (χ3v) is 7.35. The van der Waals surface area contributed by atoms with Crippen LogP contribution in [0.5, 0.6) is 5.95 Å². The average Bonchev–Trinajstić information content (AvgIpc) is 3.41. The molecular weight excluding hydrogens is 364 g/mol. The van der Waals surface area contributed by atoms with E-state index in [1.165, 1.54) is 0 Å². The van der Waals surface area contributed by atoms with Gasteiger partial charge in [-0.1, -0.05) is 13.8 Å². The van der Waals surface area contributed by atoms with Gasteiger partial charge in [0.05, 0.1) is 36.4 Å². The van der Waals surface area contributed by atoms with Gasteiger partial charge in [0.25, 0.3) is 5.95 Å². The lowest BCUT2D eigenvalue weighted by atomic mass is 9.61. The van der Waals surface area contributed by atoms with E-state index in [2.05, 4.69) is 27.7 Å². The van der Waals surface area contributed by atoms with Crippen molar-refractivity contribution in [3.8, 4) is 5.95 Å². The van der Waals surface area contributed by atoms with Crippen LogP contribution in [0.2, 0.25) is 0 Å². The van der Waals surface area contributed by atoms with Crippen LogP contribution in [0.15, 0.2) is 10.7 Å². The fourth-order valence-electron chi connectivity index (χ4n) is 5.12. The van der Waals surface area contributed by atoms with E-state index in [-0.39, 0.29) is 47.7 Å². The van der Waals surface area contributed by atoms with Gasteiger partial charge in [-0.15, -0.1) is 0 Å². The maximum absolute atomic E-state index is 11.9. The number of fused-ring (bicyclic) bond motifs is 1. The number of aliphatic carboxylic acids is 1. The lowest BCUT2D eigenvalue weighted by Crippen LogP contribution is -2.44. The van der Waals surface area contributed by atoms with Crippen molar-refractivity contribution in [2.75, 3.05) is 0 Å². The van der Waals surface area contributed by atoms with E-state index in [1.807, 2.05) is 0 Å². The topological polar surface area (TPSA) is 110 Å². The van der Waals surface area contributed by atoms with Crippen molar-refractivity contribution < 1.29 is 33.7 Å². The molecule has 7 heteroatoms. The molecule has 2 heterocycles. The van der Waals surface area contributed by atoms with Crippen molar-refractivity contribution in [3.05, 3.63) is 17.4 Å². The van der Waals surface area contributed by atoms with Crippen molar-refractivity contribution in [2.24, 2.45) is 11.3 Å². The summed E-state index contributed by atoms with van der Waals surface area (Å²) in [7, 11) is 0. The molecule has 0 unspecified atom stereocenters. The standard InChI is InChI=1S/C21H28O7/c1-11-13-10-26-18(27-16(24)6-5-15(22)23)12(13)7-8-20(11,4)21(25)9-14(21)17-19(2,3)28-17/h10-11,14,17,25H,5-9H2,1-4H3,(H,22,23)/t11-,14-,17-,20-,21-/m0/s1. The quantitative estimate of drug-likeness (QED) is 0.565. The second-order valence-corrected chi connectivity index (χ2v) is 9.34. The second kappa shape index (κ2) is 6.07. The van der Waals surface area contributed by atoms with Crippen LogP contribution < -0.4 is 4.74 Å². The summed E-state index contributed by atoms with van der Waals surface area (Å²) in [6.45, 7) is 8.32. The minimum Gasteiger partial charge on any atom is -0.481 e. The van der Waals surface area contributed by atoms with Crippen molar-refractivity contribution in [1.29, 1.82) is 0 Å². The molecule has 154 valence electrons. The Morgan fingerprint density at radius 3 is 2.57 bits per heavy atom. The highest BCUT2D eigenvalue weighted by Gasteiger charge is 2.74. The fraction of sp³-hybridized carbons (Fsp3) is 0.714. The molecule has 28 heavy (non-hydrogen) atoms. The summed E-state index contributed by atoms with van der Waals surface area (Å²) in [6, 6.07) is 0. The predicted molar refractivity (Wildman–Crippen MR) is 98.1 cm³/mol. The van der Waals surface area contributed by atoms with Gasteiger partial charge in [0.1, 0.15) is 0 Å². The zero-order valence-electron chi connectivity index (χ0n) is 16.8. The largest absolute Gasteiger partial charge is 0.481 e. The Hall–Kier alpha value is -1.86. The highest BCUT2D eigenvalue weighted by Crippen LogP contribution is 2.68. The molecule has 7 nitrogen and oxygen atoms in total. The average molecular weight is 392 g/mol. The van der Waals surface area contributed by atoms with Crippen molar-refractivity contribution in [1.82, 2.24) is 0 Å². The zero-order valence-corrected chi connectivity index (χ0v) is 16.8. The summed E-state index contributed by atoms with van der Waals surface area (Å²) in [5.74, 6) is -1.32. The SMILES string of the molecule is C[C@H]1c2coc(OC(=O)CCC(=O)O)c2CC[C@]1(C)[C@]1(O)C[C@H]1[C@@H]1OC1(C)C. The Bertz CT molecular complexity index is 825. The number of carboxylic acid groups (broad SMARTS) is 1. The minimum absolute atomic E-state index is 0.0309. The number of carbonyl (C=O) groups excluding carboxylic acids is 1. The van der Waals surface area contributed by atoms with Gasteiger partial charge in [0, 0.05) is 22.5 Å². The summed E-state index contributed by atoms with van der Waals surface area (Å²) in [6.07, 6.45) is 3.37. The van der Waals surface area contributed by atoms with Gasteiger partial charge in [0.15, 0.2) is 0 Å². The van der Waals surface area contributed by atoms with Crippen LogP contribution in [0.1, 0.15) is 70.4 Å². The first-order chi connectivity index (χ1) is 13.0. The van der Waals surface area contributed by atoms with E-state index in [9.17, 15) is 14.7 Å². The van der Waals surface area contributed by atoms with Gasteiger partial charge in [0.2, 0.25) is 0 Å². The van der Waals surface area contributed by atoms with Crippen LogP contribution in [-0.4, -0.2) is 39.5 Å². The Labute approximate surface area is 164 Å². The van der Waals surface area contributed by atoms with Gasteiger partial charge >= 0.3 is 11.9 Å². The molecule has 2 fully saturated rings. The van der Waals surface area contributed by atoms with E-state index in [4.69, 9.17) is 19.0 Å². The summed E-state index contributed by atoms with van der Waals surface area (Å²) < 4.78 is 16.6. The summed E-state index contributed by atoms with van der Waals surface area (Å²) in [4.78, 5) is 22.5. The summed E-state index contributed by atoms with van der Waals surface area (Å²) in [5, 5.41) is 20.1. The van der Waals surface area contributed by atoms with E-state index in [0.29, 0.717) is 6.42 Å². The number of rotatable bonds is 6. The number of furan rings is 1. The Morgan fingerprint density at radius 2 is 1.96 bits per heavy atom. The number of aliphatic hydroxyl groups is 1. The van der Waals surface area contributed by atoms with Crippen LogP contribution in [0.4, 0.5) is 0 Å². The number of carbonyl (C=O) groups is 2. The molecule has 2 N–H and O–H groups in total. The number of carboxylic acids is 1. The smallest absolute Gasteiger partial charge is 0.314 e. The molecule has 1 aromatic heterocycles. The zero-order chi connectivity index (χ0) is 20.5. The molecule has 1 aliphatic heterocycles. The molecule has 1 saturated heterocycles. The normalized spacial score (nSPS) is 37.8. The molecule has 4 rings (SSSR count). The predicted octanol–water partition coefficient (Wildman–Crippen LogP) is 3.03. The van der Waals surface area contributed by atoms with E-state index < -0.39 is 17.5 Å². The lowest BCUT2D eigenvalue weighted by Gasteiger charge is -2.44. The molecule has 3 aliphatic rings. The Balaban J connectivity index is 1.49. The maximum Gasteiger partial charge on any atom is 0.314 e. The number of epoxide rings is 1. The maximum atomic E-state index is 11.9. The molecule has 1 saturated carbocycles. The molecule has 0 bridgehead atoms. The molecule has 1 aromatic rings. The van der Waals surface area contributed by atoms with Crippen LogP contribution in [0.3, 0.4) is 0 Å². The highest BCUT2D eigenvalue weighted by molar-refractivity contribution is 5.78. The van der Waals surface area contributed by atoms with Gasteiger partial charge in [-0.3, -0.25) is 9.59 Å². The van der Waals surface area contributed by atoms with Crippen LogP contribution in [-0.2, 0) is 20.7 Å². The summed E-state index contributed by atoms with van der Waals surface area (Å²) in [5.41, 5.74) is 0.558. The number of hydrogen-bond donors (Lipinski definition) is 2. The van der Waals surface area contributed by atoms with Crippen molar-refractivity contribution in [2.45, 2.75) is 83.0 Å². The monoisotopic (exact) mass is 392 g/mol. The first-order valence-corrected chi connectivity index (χ1v) is 9.92. The van der Waals surface area contributed by atoms with E-state index in [0.717, 1.165) is 24.0 Å². The molecule has 0 spiro atoms. The van der Waals surface area contributed by atoms with Crippen molar-refractivity contribution in [3.63, 3.8) is 0 Å². The second-order valence-electron chi connectivity index (χ2n) is 9.34. The third-order valence-electron chi connectivity index (χ3n) is 7.35. The first-order valence-electron chi connectivity index (χ1n) is 9.92. The molecule has 5 atom stereocenters. The van der Waals surface area contributed by atoms with Gasteiger partial charge in [-0.25, -0.2) is 0 Å². The third kappa shape index (κ3) is 2.87. The molecule has 0 aromatic carbocycles. The minimum atomic E-state index is -1.04. The number of ether oxygens (including phenoxy) is 2. The molecule has 0 radical (unpaired) electrons. The van der Waals surface area contributed by atoms with E-state index in [1.54, 1.807) is 6.26 Å². The summed E-state index contributed by atoms with van der Waals surface area (Å²) >= 11 is 0. The molecule has 0 amide bonds. The number of hydrogen-bond acceptors (Lipinski definition) is 6. The molecule has 2 aliphatic carbocycles.